The lowest BCUT2D eigenvalue weighted by molar-refractivity contribution is -0.274. The van der Waals surface area contributed by atoms with Gasteiger partial charge in [-0.3, -0.25) is 14.2 Å². The molecule has 0 saturated carbocycles. The van der Waals surface area contributed by atoms with Crippen molar-refractivity contribution < 1.29 is 27.8 Å². The molecular weight excluding hydrogens is 455 g/mol. The van der Waals surface area contributed by atoms with E-state index in [0.717, 1.165) is 4.57 Å². The predicted octanol–water partition coefficient (Wildman–Crippen LogP) is 2.78. The van der Waals surface area contributed by atoms with E-state index in [-0.39, 0.29) is 19.6 Å². The summed E-state index contributed by atoms with van der Waals surface area (Å²) in [6.45, 7) is 0.934. The molecule has 0 radical (unpaired) electrons. The van der Waals surface area contributed by atoms with E-state index in [1.165, 1.54) is 18.2 Å². The Kier molecular flexibility index (Phi) is 6.47. The number of hydrogen-bond donors (Lipinski definition) is 2. The highest BCUT2D eigenvalue weighted by atomic mass is 19.4. The van der Waals surface area contributed by atoms with Crippen LogP contribution < -0.4 is 16.0 Å². The molecule has 1 fully saturated rings. The summed E-state index contributed by atoms with van der Waals surface area (Å²) < 4.78 is 42.8. The van der Waals surface area contributed by atoms with Crippen LogP contribution in [0.4, 0.5) is 13.2 Å². The highest BCUT2D eigenvalue weighted by molar-refractivity contribution is 5.76. The number of alkyl halides is 3. The average Bonchev–Trinajstić information content (AvgIpc) is 2.78. The van der Waals surface area contributed by atoms with Crippen molar-refractivity contribution in [2.45, 2.75) is 25.2 Å². The molecule has 0 bridgehead atoms. The Labute approximate surface area is 191 Å². The van der Waals surface area contributed by atoms with Crippen LogP contribution >= 0.6 is 0 Å². The van der Waals surface area contributed by atoms with Gasteiger partial charge in [0.1, 0.15) is 5.75 Å². The van der Waals surface area contributed by atoms with Gasteiger partial charge in [0.15, 0.2) is 0 Å². The molecule has 2 atom stereocenters. The summed E-state index contributed by atoms with van der Waals surface area (Å²) in [7, 11) is 0. The largest absolute Gasteiger partial charge is 0.573 e. The van der Waals surface area contributed by atoms with E-state index < -0.39 is 41.2 Å². The zero-order chi connectivity index (χ0) is 24.5. The quantitative estimate of drug-likeness (QED) is 0.566. The summed E-state index contributed by atoms with van der Waals surface area (Å²) in [5.41, 5.74) is -0.0754. The van der Waals surface area contributed by atoms with Crippen molar-refractivity contribution in [1.29, 1.82) is 0 Å². The Hall–Kier alpha value is -3.60. The first-order valence-corrected chi connectivity index (χ1v) is 10.6. The Bertz CT molecular complexity index is 1320. The number of piperidine rings is 1. The third-order valence-corrected chi connectivity index (χ3v) is 6.06. The summed E-state index contributed by atoms with van der Waals surface area (Å²) in [6, 6.07) is 12.0. The highest BCUT2D eigenvalue weighted by Crippen LogP contribution is 2.35. The number of carboxylic acids is 1. The summed E-state index contributed by atoms with van der Waals surface area (Å²) in [5, 5.41) is 10.2. The molecule has 2 heterocycles. The van der Waals surface area contributed by atoms with Crippen molar-refractivity contribution >= 4 is 16.9 Å². The minimum Gasteiger partial charge on any atom is -0.481 e. The Balaban J connectivity index is 1.49. The van der Waals surface area contributed by atoms with Gasteiger partial charge in [-0.25, -0.2) is 4.79 Å². The maximum Gasteiger partial charge on any atom is 0.573 e. The number of nitrogens with zero attached hydrogens (tertiary/aromatic N) is 2. The fourth-order valence-electron chi connectivity index (χ4n) is 4.46. The summed E-state index contributed by atoms with van der Waals surface area (Å²) in [4.78, 5) is 41.6. The summed E-state index contributed by atoms with van der Waals surface area (Å²) >= 11 is 0. The van der Waals surface area contributed by atoms with E-state index in [1.54, 1.807) is 30.3 Å². The number of likely N-dealkylation sites (tertiary alicyclic amines) is 1. The van der Waals surface area contributed by atoms with E-state index in [1.807, 2.05) is 4.90 Å². The van der Waals surface area contributed by atoms with Gasteiger partial charge < -0.3 is 19.7 Å². The number of carbonyl (C=O) groups is 1. The third-order valence-electron chi connectivity index (χ3n) is 6.06. The topological polar surface area (TPSA) is 105 Å². The van der Waals surface area contributed by atoms with Crippen molar-refractivity contribution in [3.63, 3.8) is 0 Å². The SMILES string of the molecule is O=C(O)C1CN(CCn2c(=O)[nH]c3ccccc3c2=O)CCC1c1cccc(OC(F)(F)F)c1. The minimum atomic E-state index is -4.84. The number of aromatic nitrogens is 2. The van der Waals surface area contributed by atoms with Crippen LogP contribution in [0.2, 0.25) is 0 Å². The Morgan fingerprint density at radius 3 is 2.62 bits per heavy atom. The monoisotopic (exact) mass is 477 g/mol. The second kappa shape index (κ2) is 9.34. The number of rotatable bonds is 6. The summed E-state index contributed by atoms with van der Waals surface area (Å²) in [5.74, 6) is -2.84. The first-order valence-electron chi connectivity index (χ1n) is 10.6. The van der Waals surface area contributed by atoms with Crippen LogP contribution in [0.5, 0.6) is 5.75 Å². The van der Waals surface area contributed by atoms with Crippen molar-refractivity contribution in [2.24, 2.45) is 5.92 Å². The van der Waals surface area contributed by atoms with Crippen LogP contribution in [0.1, 0.15) is 17.9 Å². The molecule has 180 valence electrons. The Morgan fingerprint density at radius 2 is 1.88 bits per heavy atom. The number of aromatic amines is 1. The van der Waals surface area contributed by atoms with Gasteiger partial charge in [0.05, 0.1) is 16.8 Å². The fourth-order valence-corrected chi connectivity index (χ4v) is 4.46. The molecule has 0 aliphatic carbocycles. The lowest BCUT2D eigenvalue weighted by Gasteiger charge is -2.37. The molecule has 34 heavy (non-hydrogen) atoms. The smallest absolute Gasteiger partial charge is 0.481 e. The van der Waals surface area contributed by atoms with E-state index >= 15 is 0 Å². The van der Waals surface area contributed by atoms with Gasteiger partial charge in [-0.05, 0) is 48.7 Å². The number of H-pyrrole nitrogens is 1. The zero-order valence-electron chi connectivity index (χ0n) is 17.9. The third kappa shape index (κ3) is 5.14. The number of aliphatic carboxylic acids is 1. The van der Waals surface area contributed by atoms with Gasteiger partial charge in [-0.2, -0.15) is 0 Å². The molecule has 1 aliphatic heterocycles. The second-order valence-corrected chi connectivity index (χ2v) is 8.19. The second-order valence-electron chi connectivity index (χ2n) is 8.19. The molecule has 8 nitrogen and oxygen atoms in total. The molecule has 4 rings (SSSR count). The molecule has 0 spiro atoms. The van der Waals surface area contributed by atoms with Crippen LogP contribution in [0, 0.1) is 5.92 Å². The lowest BCUT2D eigenvalue weighted by atomic mass is 9.80. The first-order chi connectivity index (χ1) is 16.1. The molecule has 3 aromatic rings. The highest BCUT2D eigenvalue weighted by Gasteiger charge is 2.36. The van der Waals surface area contributed by atoms with E-state index in [4.69, 9.17) is 0 Å². The molecule has 11 heteroatoms. The van der Waals surface area contributed by atoms with Gasteiger partial charge in [-0.1, -0.05) is 24.3 Å². The number of carboxylic acid groups (broad SMARTS) is 1. The average molecular weight is 477 g/mol. The molecule has 1 aliphatic rings. The lowest BCUT2D eigenvalue weighted by Crippen LogP contribution is -2.46. The van der Waals surface area contributed by atoms with Crippen LogP contribution in [0.25, 0.3) is 10.9 Å². The maximum absolute atomic E-state index is 12.7. The van der Waals surface area contributed by atoms with Crippen molar-refractivity contribution in [3.05, 3.63) is 74.9 Å². The van der Waals surface area contributed by atoms with Gasteiger partial charge in [0.25, 0.3) is 5.56 Å². The molecular formula is C23H22F3N3O5. The number of hydrogen-bond acceptors (Lipinski definition) is 5. The number of nitrogens with one attached hydrogen (secondary N) is 1. The normalized spacial score (nSPS) is 19.3. The standard InChI is InChI=1S/C23H22F3N3O5/c24-23(25,26)34-15-5-3-4-14(12-15)16-8-9-28(13-18(16)21(31)32)10-11-29-20(30)17-6-1-2-7-19(17)27-22(29)33/h1-7,12,16,18H,8-11,13H2,(H,27,33)(H,31,32). The van der Waals surface area contributed by atoms with Gasteiger partial charge in [0, 0.05) is 19.6 Å². The van der Waals surface area contributed by atoms with Crippen LogP contribution in [-0.2, 0) is 11.3 Å². The molecule has 2 aromatic carbocycles. The molecule has 2 N–H and O–H groups in total. The van der Waals surface area contributed by atoms with Crippen LogP contribution in [-0.4, -0.2) is 51.5 Å². The molecule has 1 aromatic heterocycles. The Morgan fingerprint density at radius 1 is 1.12 bits per heavy atom. The molecule has 2 unspecified atom stereocenters. The number of halogens is 3. The number of para-hydroxylation sites is 1. The van der Waals surface area contributed by atoms with Crippen LogP contribution in [0.3, 0.4) is 0 Å². The molecule has 1 saturated heterocycles. The van der Waals surface area contributed by atoms with E-state index in [2.05, 4.69) is 9.72 Å². The van der Waals surface area contributed by atoms with Crippen molar-refractivity contribution in [1.82, 2.24) is 14.5 Å². The van der Waals surface area contributed by atoms with Gasteiger partial charge in [-0.15, -0.1) is 13.2 Å². The first kappa shape index (κ1) is 23.6. The number of ether oxygens (including phenoxy) is 1. The molecule has 0 amide bonds. The van der Waals surface area contributed by atoms with E-state index in [0.29, 0.717) is 29.4 Å². The van der Waals surface area contributed by atoms with Crippen molar-refractivity contribution in [3.8, 4) is 5.75 Å². The van der Waals surface area contributed by atoms with E-state index in [9.17, 15) is 32.7 Å². The number of benzene rings is 2. The van der Waals surface area contributed by atoms with Crippen LogP contribution in [0.15, 0.2) is 58.1 Å². The predicted molar refractivity (Wildman–Crippen MR) is 117 cm³/mol. The zero-order valence-corrected chi connectivity index (χ0v) is 17.9. The maximum atomic E-state index is 12.7. The summed E-state index contributed by atoms with van der Waals surface area (Å²) in [6.07, 6.45) is -4.46. The van der Waals surface area contributed by atoms with Crippen molar-refractivity contribution in [2.75, 3.05) is 19.6 Å². The minimum absolute atomic E-state index is 0.0743. The fraction of sp³-hybridized carbons (Fsp3) is 0.348. The number of fused-ring (bicyclic) bond motifs is 1. The van der Waals surface area contributed by atoms with Gasteiger partial charge >= 0.3 is 18.0 Å². The van der Waals surface area contributed by atoms with Gasteiger partial charge in [0.2, 0.25) is 0 Å².